The third-order valence-corrected chi connectivity index (χ3v) is 27.6. The van der Waals surface area contributed by atoms with Gasteiger partial charge in [0.1, 0.15) is 80.9 Å². The summed E-state index contributed by atoms with van der Waals surface area (Å²) in [6.45, 7) is 22.3. The van der Waals surface area contributed by atoms with Gasteiger partial charge in [0.15, 0.2) is 0 Å². The Morgan fingerprint density at radius 3 is 1.12 bits per heavy atom. The summed E-state index contributed by atoms with van der Waals surface area (Å²) in [7, 11) is 2.42. The SMILES string of the molecule is Cn1ncnc1C(=O)Nc1cc2[nH]c(-c3ccccc3C(F)F)c(C#N)c2cn1.Cn1ncnc1C(=O)Nc1cc2c(cn1)c(Br)c(-c1ccccc1C(F)F)n2COCC[Si](C)(C)C.Cn1ncnc1C(=O)Nc1cc2c(cn1)c(C#N)c(-c1ccccc1C(F)F)n2COCC[Si](C)(C)C.Cn1ncnc1C(=O)Nc1cc2c(cn1)cc(-c1ccccc1C(F)F)n2COCC[Si](C)(C)C. The number of carbonyl (C=O) groups excluding carboxylic acids is 4. The monoisotopic (exact) mass is 1990 g/mol. The van der Waals surface area contributed by atoms with Gasteiger partial charge in [-0.05, 0) is 40.1 Å². The highest BCUT2D eigenvalue weighted by molar-refractivity contribution is 9.10. The summed E-state index contributed by atoms with van der Waals surface area (Å²) >= 11 is 3.62. The minimum Gasteiger partial charge on any atom is -0.361 e. The van der Waals surface area contributed by atoms with Crippen LogP contribution < -0.4 is 21.3 Å². The molecule has 45 heteroatoms. The number of aryl methyl sites for hydroxylation is 4. The van der Waals surface area contributed by atoms with Crippen molar-refractivity contribution in [3.05, 3.63) is 239 Å². The van der Waals surface area contributed by atoms with E-state index in [-0.39, 0.29) is 111 Å². The number of carbonyl (C=O) groups is 4. The smallest absolute Gasteiger partial charge is 0.294 e. The highest BCUT2D eigenvalue weighted by atomic mass is 79.9. The fourth-order valence-corrected chi connectivity index (χ4v) is 17.5. The predicted molar refractivity (Wildman–Crippen MR) is 512 cm³/mol. The number of H-pyrrole nitrogens is 1. The standard InChI is InChI=1S/C25H27F2N7O2Si.C24H27BrF2N6O2Si.C24H28F2N6O2Si.C19H13F2N7O/c1-33-24(30-14-31-33)25(35)32-21-11-20-19(13-29-21)18(12-28)22(16-7-5-6-8-17(16)23(26)27)34(20)15-36-9-10-37(2,3)4;1-32-23(29-13-30-32)24(34)31-19-11-18-17(12-28-19)20(25)21(15-7-5-6-8-16(15)22(26)27)33(18)14-35-9-10-36(2,3)4;1-31-23(28-14-29-31)24(33)30-21-12-19-16(13-27-21)11-20(17-7-5-6-8-18(17)22(25)26)32(19)15-34-9-10-35(2,3)4;1-28-18(24-9-25-28)19(29)27-15-6-14-13(8-23-15)12(7-22)16(26-14)10-4-2-3-5-11(10)17(20)21/h5-8,11,13-14,23H,9-10,15H2,1-4H3,(H,29,32,35);5-8,11-13,22H,9-10,14H2,1-4H3,(H,28,31,34);5-8,11-14,22H,9-10,15H2,1-4H3,(H,27,30,33);2-6,8-9,17,26H,1H3,(H,23,27,29). The van der Waals surface area contributed by atoms with Crippen LogP contribution in [0.25, 0.3) is 88.6 Å². The van der Waals surface area contributed by atoms with Gasteiger partial charge in [0.25, 0.3) is 49.3 Å². The molecule has 16 rings (SSSR count). The number of aromatic nitrogens is 20. The number of pyridine rings is 4. The number of nitrogens with zero attached hydrogens (tertiary/aromatic N) is 21. The molecule has 12 heterocycles. The van der Waals surface area contributed by atoms with Crippen LogP contribution in [0.2, 0.25) is 77.1 Å². The fourth-order valence-electron chi connectivity index (χ4n) is 14.5. The fraction of sp³-hybridized carbons (Fsp3) is 0.283. The van der Waals surface area contributed by atoms with Crippen molar-refractivity contribution in [3.63, 3.8) is 0 Å². The molecule has 710 valence electrons. The minimum absolute atomic E-state index is 0.0379. The Balaban J connectivity index is 0.000000155. The van der Waals surface area contributed by atoms with Crippen molar-refractivity contribution in [2.75, 3.05) is 41.1 Å². The lowest BCUT2D eigenvalue weighted by atomic mass is 10.0. The summed E-state index contributed by atoms with van der Waals surface area (Å²) in [6, 6.07) is 40.4. The maximum absolute atomic E-state index is 14.0. The second-order valence-corrected chi connectivity index (χ2v) is 52.6. The van der Waals surface area contributed by atoms with Crippen LogP contribution in [0.3, 0.4) is 0 Å². The number of nitriles is 2. The normalized spacial score (nSPS) is 11.7. The van der Waals surface area contributed by atoms with Gasteiger partial charge in [-0.25, -0.2) is 93.7 Å². The first-order chi connectivity index (χ1) is 65.3. The Labute approximate surface area is 790 Å². The minimum atomic E-state index is -2.73. The van der Waals surface area contributed by atoms with E-state index in [0.717, 1.165) is 23.5 Å². The molecule has 4 aromatic carbocycles. The van der Waals surface area contributed by atoms with Gasteiger partial charge in [-0.15, -0.1) is 0 Å². The first kappa shape index (κ1) is 100.0. The van der Waals surface area contributed by atoms with Gasteiger partial charge >= 0.3 is 0 Å². The van der Waals surface area contributed by atoms with E-state index < -0.39 is 73.6 Å². The second kappa shape index (κ2) is 43.5. The van der Waals surface area contributed by atoms with E-state index in [9.17, 15) is 64.8 Å². The molecule has 137 heavy (non-hydrogen) atoms. The number of halogens is 9. The number of amides is 4. The van der Waals surface area contributed by atoms with Crippen LogP contribution in [-0.4, -0.2) is 165 Å². The van der Waals surface area contributed by atoms with Crippen molar-refractivity contribution >= 4 is 131 Å². The molecular weight excluding hydrogens is 1900 g/mol. The van der Waals surface area contributed by atoms with E-state index >= 15 is 0 Å². The van der Waals surface area contributed by atoms with Crippen molar-refractivity contribution < 1.29 is 68.5 Å². The molecule has 0 fully saturated rings. The molecule has 33 nitrogen and oxygen atoms in total. The molecule has 5 N–H and O–H groups in total. The zero-order chi connectivity index (χ0) is 98.5. The number of rotatable bonds is 31. The number of aromatic amines is 1. The summed E-state index contributed by atoms with van der Waals surface area (Å²) in [4.78, 5) is 86.0. The number of ether oxygens (including phenoxy) is 3. The summed E-state index contributed by atoms with van der Waals surface area (Å²) in [6.07, 6.45) is 0.468. The van der Waals surface area contributed by atoms with Gasteiger partial charge in [0, 0.05) is 187 Å². The lowest BCUT2D eigenvalue weighted by Gasteiger charge is -2.18. The third kappa shape index (κ3) is 23.9. The zero-order valence-electron chi connectivity index (χ0n) is 76.6. The number of anilines is 4. The van der Waals surface area contributed by atoms with Crippen LogP contribution in [0.5, 0.6) is 0 Å². The number of alkyl halides is 8. The Bertz CT molecular complexity index is 7180. The summed E-state index contributed by atoms with van der Waals surface area (Å²) in [5.74, 6) is -0.453. The van der Waals surface area contributed by atoms with E-state index in [1.54, 1.807) is 118 Å². The molecule has 0 bridgehead atoms. The molecule has 0 aliphatic carbocycles. The van der Waals surface area contributed by atoms with Crippen LogP contribution in [0.4, 0.5) is 58.4 Å². The maximum atomic E-state index is 14.0. The first-order valence-electron chi connectivity index (χ1n) is 42.7. The second-order valence-electron chi connectivity index (χ2n) is 35.0. The molecule has 0 aliphatic heterocycles. The summed E-state index contributed by atoms with van der Waals surface area (Å²) < 4.78 is 140. The summed E-state index contributed by atoms with van der Waals surface area (Å²) in [5.41, 5.74) is 5.35. The number of fused-ring (bicyclic) bond motifs is 4. The van der Waals surface area contributed by atoms with E-state index in [0.29, 0.717) is 96.5 Å². The molecule has 4 amide bonds. The Morgan fingerprint density at radius 2 is 0.730 bits per heavy atom. The number of benzene rings is 4. The van der Waals surface area contributed by atoms with Gasteiger partial charge in [-0.2, -0.15) is 30.9 Å². The van der Waals surface area contributed by atoms with Crippen molar-refractivity contribution in [1.82, 2.24) is 97.7 Å². The van der Waals surface area contributed by atoms with Gasteiger partial charge in [0.2, 0.25) is 23.3 Å². The number of hydrogen-bond acceptors (Lipinski definition) is 21. The van der Waals surface area contributed by atoms with Crippen LogP contribution in [0, 0.1) is 22.7 Å². The van der Waals surface area contributed by atoms with Gasteiger partial charge in [-0.3, -0.25) is 19.2 Å². The predicted octanol–water partition coefficient (Wildman–Crippen LogP) is 20.1. The molecule has 0 saturated heterocycles. The molecule has 0 radical (unpaired) electrons. The molecule has 0 unspecified atom stereocenters. The Kier molecular flexibility index (Phi) is 31.7. The number of hydrogen-bond donors (Lipinski definition) is 5. The van der Waals surface area contributed by atoms with Crippen LogP contribution in [0.15, 0.2) is 182 Å². The van der Waals surface area contributed by atoms with Crippen LogP contribution in [-0.2, 0) is 62.6 Å². The number of nitrogens with one attached hydrogen (secondary N) is 5. The molecule has 16 aromatic rings. The summed E-state index contributed by atoms with van der Waals surface area (Å²) in [5, 5.41) is 48.3. The van der Waals surface area contributed by atoms with Crippen molar-refractivity contribution in [1.29, 1.82) is 10.5 Å². The quantitative estimate of drug-likeness (QED) is 0.0153. The largest absolute Gasteiger partial charge is 0.361 e. The van der Waals surface area contributed by atoms with E-state index in [1.165, 1.54) is 105 Å². The zero-order valence-corrected chi connectivity index (χ0v) is 81.2. The Hall–Kier alpha value is -14.5. The molecule has 0 atom stereocenters. The van der Waals surface area contributed by atoms with Gasteiger partial charge < -0.3 is 54.2 Å². The van der Waals surface area contributed by atoms with Crippen LogP contribution in [0.1, 0.15) is 102 Å². The van der Waals surface area contributed by atoms with Crippen molar-refractivity contribution in [2.24, 2.45) is 28.2 Å². The Morgan fingerprint density at radius 1 is 0.401 bits per heavy atom. The third-order valence-electron chi connectivity index (χ3n) is 21.6. The van der Waals surface area contributed by atoms with Crippen molar-refractivity contribution in [2.45, 2.75) is 123 Å². The molecular formula is C92H95BrF8N26O7Si3. The van der Waals surface area contributed by atoms with Crippen LogP contribution >= 0.6 is 15.9 Å². The molecule has 0 saturated carbocycles. The highest BCUT2D eigenvalue weighted by Gasteiger charge is 2.31. The lowest BCUT2D eigenvalue weighted by Crippen LogP contribution is -2.22. The molecule has 12 aromatic heterocycles. The molecule has 0 aliphatic rings. The van der Waals surface area contributed by atoms with Gasteiger partial charge in [-0.1, -0.05) is 156 Å². The van der Waals surface area contributed by atoms with E-state index in [4.69, 9.17) is 14.2 Å². The van der Waals surface area contributed by atoms with E-state index in [2.05, 4.69) is 167 Å². The highest BCUT2D eigenvalue weighted by Crippen LogP contribution is 2.45. The van der Waals surface area contributed by atoms with E-state index in [1.807, 2.05) is 21.3 Å². The average molecular weight is 1990 g/mol. The molecule has 0 spiro atoms. The average Bonchev–Trinajstić information content (AvgIpc) is 1.60. The van der Waals surface area contributed by atoms with Crippen molar-refractivity contribution in [3.8, 4) is 57.2 Å². The first-order valence-corrected chi connectivity index (χ1v) is 54.6. The topological polar surface area (TPSA) is 397 Å². The van der Waals surface area contributed by atoms with Gasteiger partial charge in [0.05, 0.1) is 60.4 Å². The lowest BCUT2D eigenvalue weighted by molar-refractivity contribution is 0.0910. The maximum Gasteiger partial charge on any atom is 0.294 e.